The van der Waals surface area contributed by atoms with Gasteiger partial charge in [0.2, 0.25) is 0 Å². The average Bonchev–Trinajstić information content (AvgIpc) is 2.54. The first-order valence-electron chi connectivity index (χ1n) is 7.13. The lowest BCUT2D eigenvalue weighted by Gasteiger charge is -2.12. The Balaban J connectivity index is 2.21. The van der Waals surface area contributed by atoms with E-state index in [4.69, 9.17) is 4.98 Å². The smallest absolute Gasteiger partial charge is 0.132 e. The Morgan fingerprint density at radius 3 is 2.76 bits per heavy atom. The van der Waals surface area contributed by atoms with Crippen LogP contribution in [-0.4, -0.2) is 22.0 Å². The number of nitrogens with one attached hydrogen (secondary N) is 1. The van der Waals surface area contributed by atoms with Crippen molar-refractivity contribution < 1.29 is 0 Å². The molecule has 106 valence electrons. The molecule has 2 aromatic heterocycles. The Morgan fingerprint density at radius 2 is 2.00 bits per heavy atom. The summed E-state index contributed by atoms with van der Waals surface area (Å²) in [4.78, 5) is 13.6. The maximum atomic E-state index is 4.70. The van der Waals surface area contributed by atoms with Crippen molar-refractivity contribution in [2.45, 2.75) is 20.3 Å². The normalized spacial score (nSPS) is 10.8. The molecular weight excluding hydrogens is 260 g/mol. The Kier molecular flexibility index (Phi) is 3.52. The zero-order valence-corrected chi connectivity index (χ0v) is 12.5. The van der Waals surface area contributed by atoms with Gasteiger partial charge in [-0.25, -0.2) is 9.97 Å². The summed E-state index contributed by atoms with van der Waals surface area (Å²) in [6.07, 6.45) is 2.63. The van der Waals surface area contributed by atoms with Crippen LogP contribution >= 0.6 is 0 Å². The van der Waals surface area contributed by atoms with Crippen LogP contribution in [0.15, 0.2) is 36.5 Å². The van der Waals surface area contributed by atoms with Crippen molar-refractivity contribution in [2.75, 3.05) is 12.4 Å². The summed E-state index contributed by atoms with van der Waals surface area (Å²) >= 11 is 0. The van der Waals surface area contributed by atoms with E-state index < -0.39 is 0 Å². The van der Waals surface area contributed by atoms with Gasteiger partial charge < -0.3 is 5.32 Å². The van der Waals surface area contributed by atoms with Crippen LogP contribution < -0.4 is 5.32 Å². The number of fused-ring (bicyclic) bond motifs is 1. The van der Waals surface area contributed by atoms with Crippen LogP contribution in [0.4, 0.5) is 5.82 Å². The molecule has 4 heteroatoms. The largest absolute Gasteiger partial charge is 0.373 e. The molecule has 0 amide bonds. The van der Waals surface area contributed by atoms with Gasteiger partial charge in [0.05, 0.1) is 11.2 Å². The van der Waals surface area contributed by atoms with E-state index in [1.54, 1.807) is 0 Å². The molecular formula is C17H18N4. The molecule has 0 spiro atoms. The molecule has 0 aliphatic heterocycles. The molecule has 0 fully saturated rings. The van der Waals surface area contributed by atoms with E-state index in [0.717, 1.165) is 45.8 Å². The summed E-state index contributed by atoms with van der Waals surface area (Å²) in [6, 6.07) is 10.3. The van der Waals surface area contributed by atoms with Crippen molar-refractivity contribution in [1.82, 2.24) is 15.0 Å². The van der Waals surface area contributed by atoms with E-state index in [2.05, 4.69) is 40.4 Å². The second-order valence-electron chi connectivity index (χ2n) is 4.98. The lowest BCUT2D eigenvalue weighted by Crippen LogP contribution is -2.04. The lowest BCUT2D eigenvalue weighted by molar-refractivity contribution is 0.936. The number of anilines is 1. The second kappa shape index (κ2) is 5.48. The number of aryl methyl sites for hydroxylation is 1. The van der Waals surface area contributed by atoms with E-state index in [-0.39, 0.29) is 0 Å². The molecule has 21 heavy (non-hydrogen) atoms. The first-order chi connectivity index (χ1) is 10.2. The van der Waals surface area contributed by atoms with Crippen molar-refractivity contribution in [2.24, 2.45) is 0 Å². The molecule has 0 aliphatic rings. The fourth-order valence-corrected chi connectivity index (χ4v) is 2.47. The second-order valence-corrected chi connectivity index (χ2v) is 4.98. The molecule has 0 saturated carbocycles. The highest BCUT2D eigenvalue weighted by atomic mass is 15.0. The highest BCUT2D eigenvalue weighted by molar-refractivity contribution is 5.84. The number of nitrogens with zero attached hydrogens (tertiary/aromatic N) is 3. The molecule has 0 atom stereocenters. The van der Waals surface area contributed by atoms with Gasteiger partial charge in [-0.3, -0.25) is 4.98 Å². The van der Waals surface area contributed by atoms with Crippen molar-refractivity contribution in [3.8, 4) is 11.3 Å². The number of hydrogen-bond donors (Lipinski definition) is 1. The Labute approximate surface area is 124 Å². The molecule has 1 aromatic carbocycles. The van der Waals surface area contributed by atoms with Gasteiger partial charge in [0.25, 0.3) is 0 Å². The van der Waals surface area contributed by atoms with Crippen molar-refractivity contribution in [1.29, 1.82) is 0 Å². The summed E-state index contributed by atoms with van der Waals surface area (Å²) < 4.78 is 0. The minimum Gasteiger partial charge on any atom is -0.373 e. The average molecular weight is 278 g/mol. The monoisotopic (exact) mass is 278 g/mol. The summed E-state index contributed by atoms with van der Waals surface area (Å²) in [5.74, 6) is 1.74. The van der Waals surface area contributed by atoms with Gasteiger partial charge in [-0.1, -0.05) is 19.1 Å². The summed E-state index contributed by atoms with van der Waals surface area (Å²) in [5.41, 5.74) is 4.15. The SMILES string of the molecule is CCc1nc(NC)c(C)c(-c2ccc3ncccc3c2)n1. The van der Waals surface area contributed by atoms with Crippen LogP contribution in [0.3, 0.4) is 0 Å². The van der Waals surface area contributed by atoms with Crippen LogP contribution in [0, 0.1) is 6.92 Å². The van der Waals surface area contributed by atoms with E-state index in [1.165, 1.54) is 0 Å². The van der Waals surface area contributed by atoms with E-state index in [1.807, 2.05) is 32.3 Å². The van der Waals surface area contributed by atoms with Gasteiger partial charge in [-0.05, 0) is 25.1 Å². The minimum absolute atomic E-state index is 0.817. The molecule has 0 bridgehead atoms. The zero-order chi connectivity index (χ0) is 14.8. The Morgan fingerprint density at radius 1 is 1.14 bits per heavy atom. The van der Waals surface area contributed by atoms with E-state index in [9.17, 15) is 0 Å². The fraction of sp³-hybridized carbons (Fsp3) is 0.235. The number of benzene rings is 1. The lowest BCUT2D eigenvalue weighted by atomic mass is 10.0. The Bertz CT molecular complexity index is 796. The first kappa shape index (κ1) is 13.5. The van der Waals surface area contributed by atoms with E-state index >= 15 is 0 Å². The number of aromatic nitrogens is 3. The van der Waals surface area contributed by atoms with Crippen molar-refractivity contribution in [3.05, 3.63) is 47.9 Å². The van der Waals surface area contributed by atoms with Gasteiger partial charge in [-0.2, -0.15) is 0 Å². The van der Waals surface area contributed by atoms with Gasteiger partial charge in [0.15, 0.2) is 0 Å². The summed E-state index contributed by atoms with van der Waals surface area (Å²) in [7, 11) is 1.89. The van der Waals surface area contributed by atoms with Gasteiger partial charge >= 0.3 is 0 Å². The third-order valence-corrected chi connectivity index (χ3v) is 3.62. The van der Waals surface area contributed by atoms with Crippen LogP contribution in [-0.2, 0) is 6.42 Å². The summed E-state index contributed by atoms with van der Waals surface area (Å²) in [6.45, 7) is 4.12. The quantitative estimate of drug-likeness (QED) is 0.795. The fourth-order valence-electron chi connectivity index (χ4n) is 2.47. The summed E-state index contributed by atoms with van der Waals surface area (Å²) in [5, 5.41) is 4.28. The molecule has 0 radical (unpaired) electrons. The zero-order valence-electron chi connectivity index (χ0n) is 12.5. The van der Waals surface area contributed by atoms with Crippen molar-refractivity contribution >= 4 is 16.7 Å². The van der Waals surface area contributed by atoms with Crippen LogP contribution in [0.1, 0.15) is 18.3 Å². The number of hydrogen-bond acceptors (Lipinski definition) is 4. The Hall–Kier alpha value is -2.49. The molecule has 3 rings (SSSR count). The molecule has 3 aromatic rings. The standard InChI is InChI=1S/C17H18N4/c1-4-15-20-16(11(2)17(18-3)21-15)13-7-8-14-12(10-13)6-5-9-19-14/h5-10H,4H2,1-3H3,(H,18,20,21). The maximum absolute atomic E-state index is 4.70. The molecule has 1 N–H and O–H groups in total. The molecule has 0 unspecified atom stereocenters. The molecule has 4 nitrogen and oxygen atoms in total. The van der Waals surface area contributed by atoms with Crippen LogP contribution in [0.25, 0.3) is 22.2 Å². The van der Waals surface area contributed by atoms with Crippen LogP contribution in [0.5, 0.6) is 0 Å². The molecule has 0 aliphatic carbocycles. The number of rotatable bonds is 3. The van der Waals surface area contributed by atoms with E-state index in [0.29, 0.717) is 0 Å². The minimum atomic E-state index is 0.817. The predicted octanol–water partition coefficient (Wildman–Crippen LogP) is 3.60. The molecule has 2 heterocycles. The highest BCUT2D eigenvalue weighted by Crippen LogP contribution is 2.28. The topological polar surface area (TPSA) is 50.7 Å². The third-order valence-electron chi connectivity index (χ3n) is 3.62. The van der Waals surface area contributed by atoms with Gasteiger partial charge in [0, 0.05) is 36.2 Å². The van der Waals surface area contributed by atoms with Crippen molar-refractivity contribution in [3.63, 3.8) is 0 Å². The van der Waals surface area contributed by atoms with Gasteiger partial charge in [0.1, 0.15) is 11.6 Å². The predicted molar refractivity (Wildman–Crippen MR) is 86.4 cm³/mol. The van der Waals surface area contributed by atoms with Crippen LogP contribution in [0.2, 0.25) is 0 Å². The van der Waals surface area contributed by atoms with Gasteiger partial charge in [-0.15, -0.1) is 0 Å². The third kappa shape index (κ3) is 2.44. The highest BCUT2D eigenvalue weighted by Gasteiger charge is 2.11. The molecule has 0 saturated heterocycles. The maximum Gasteiger partial charge on any atom is 0.132 e. The number of pyridine rings is 1. The first-order valence-corrected chi connectivity index (χ1v) is 7.13.